The summed E-state index contributed by atoms with van der Waals surface area (Å²) in [4.78, 5) is 2.68. The maximum atomic E-state index is 3.60. The van der Waals surface area contributed by atoms with Crippen molar-refractivity contribution in [3.8, 4) is 0 Å². The summed E-state index contributed by atoms with van der Waals surface area (Å²) >= 11 is 3.51. The molecule has 2 atom stereocenters. The highest BCUT2D eigenvalue weighted by molar-refractivity contribution is 9.10. The number of likely N-dealkylation sites (tertiary alicyclic amines) is 1. The molecule has 2 unspecified atom stereocenters. The van der Waals surface area contributed by atoms with Crippen molar-refractivity contribution in [1.82, 2.24) is 10.2 Å². The summed E-state index contributed by atoms with van der Waals surface area (Å²) in [5.74, 6) is 0.813. The molecule has 0 aromatic heterocycles. The predicted molar refractivity (Wildman–Crippen MR) is 94.7 cm³/mol. The van der Waals surface area contributed by atoms with Gasteiger partial charge in [0, 0.05) is 23.1 Å². The van der Waals surface area contributed by atoms with Gasteiger partial charge in [-0.3, -0.25) is 0 Å². The Hall–Kier alpha value is -0.380. The summed E-state index contributed by atoms with van der Waals surface area (Å²) in [5, 5.41) is 3.60. The van der Waals surface area contributed by atoms with Gasteiger partial charge in [-0.25, -0.2) is 0 Å². The fraction of sp³-hybridized carbons (Fsp3) is 0.667. The molecule has 0 bridgehead atoms. The monoisotopic (exact) mass is 352 g/mol. The molecule has 1 aliphatic heterocycles. The zero-order valence-corrected chi connectivity index (χ0v) is 15.2. The van der Waals surface area contributed by atoms with E-state index in [-0.39, 0.29) is 0 Å². The molecule has 1 fully saturated rings. The molecule has 21 heavy (non-hydrogen) atoms. The first-order chi connectivity index (χ1) is 10.0. The number of nitrogens with one attached hydrogen (secondary N) is 1. The minimum Gasteiger partial charge on any atom is -0.314 e. The van der Waals surface area contributed by atoms with Gasteiger partial charge in [-0.15, -0.1) is 0 Å². The minimum absolute atomic E-state index is 0.598. The zero-order chi connectivity index (χ0) is 15.2. The fourth-order valence-electron chi connectivity index (χ4n) is 3.16. The van der Waals surface area contributed by atoms with Crippen LogP contribution in [0.3, 0.4) is 0 Å². The molecule has 1 heterocycles. The van der Waals surface area contributed by atoms with Gasteiger partial charge in [0.15, 0.2) is 0 Å². The van der Waals surface area contributed by atoms with Gasteiger partial charge in [0.05, 0.1) is 0 Å². The number of halogens is 1. The van der Waals surface area contributed by atoms with Gasteiger partial charge in [0.25, 0.3) is 0 Å². The van der Waals surface area contributed by atoms with Crippen molar-refractivity contribution in [2.24, 2.45) is 5.92 Å². The highest BCUT2D eigenvalue weighted by atomic mass is 79.9. The Bertz CT molecular complexity index is 416. The van der Waals surface area contributed by atoms with E-state index in [2.05, 4.69) is 71.2 Å². The third kappa shape index (κ3) is 5.72. The first-order valence-corrected chi connectivity index (χ1v) is 9.05. The van der Waals surface area contributed by atoms with E-state index in [1.54, 1.807) is 0 Å². The first kappa shape index (κ1) is 17.0. The van der Waals surface area contributed by atoms with E-state index < -0.39 is 0 Å². The van der Waals surface area contributed by atoms with Crippen molar-refractivity contribution in [3.05, 3.63) is 34.3 Å². The van der Waals surface area contributed by atoms with Crippen LogP contribution in [-0.4, -0.2) is 36.6 Å². The van der Waals surface area contributed by atoms with Crippen LogP contribution >= 0.6 is 15.9 Å². The Morgan fingerprint density at radius 1 is 1.24 bits per heavy atom. The highest BCUT2D eigenvalue weighted by Crippen LogP contribution is 2.20. The third-order valence-electron chi connectivity index (χ3n) is 4.43. The van der Waals surface area contributed by atoms with E-state index in [0.29, 0.717) is 12.1 Å². The van der Waals surface area contributed by atoms with Crippen LogP contribution in [0.1, 0.15) is 39.2 Å². The molecule has 0 radical (unpaired) electrons. The summed E-state index contributed by atoms with van der Waals surface area (Å²) in [6, 6.07) is 10.00. The van der Waals surface area contributed by atoms with Gasteiger partial charge >= 0.3 is 0 Å². The first-order valence-electron chi connectivity index (χ1n) is 8.26. The zero-order valence-electron chi connectivity index (χ0n) is 13.6. The quantitative estimate of drug-likeness (QED) is 0.829. The predicted octanol–water partition coefficient (Wildman–Crippen LogP) is 4.09. The van der Waals surface area contributed by atoms with Crippen molar-refractivity contribution >= 4 is 15.9 Å². The molecule has 1 N–H and O–H groups in total. The standard InChI is InChI=1S/C18H29BrN2/c1-14(2)20-12-17-5-4-10-21(13-17)15(3)11-16-6-8-18(19)9-7-16/h6-9,14-15,17,20H,4-5,10-13H2,1-3H3. The molecule has 0 amide bonds. The normalized spacial score (nSPS) is 21.7. The second-order valence-corrected chi connectivity index (χ2v) is 7.66. The molecule has 3 heteroatoms. The molecule has 2 rings (SSSR count). The molecule has 0 spiro atoms. The summed E-state index contributed by atoms with van der Waals surface area (Å²) in [6.45, 7) is 10.5. The lowest BCUT2D eigenvalue weighted by Gasteiger charge is -2.37. The minimum atomic E-state index is 0.598. The lowest BCUT2D eigenvalue weighted by atomic mass is 9.95. The summed E-state index contributed by atoms with van der Waals surface area (Å²) in [7, 11) is 0. The number of hydrogen-bond acceptors (Lipinski definition) is 2. The molecule has 1 aliphatic rings. The van der Waals surface area contributed by atoms with Gasteiger partial charge in [-0.1, -0.05) is 41.9 Å². The van der Waals surface area contributed by atoms with Crippen molar-refractivity contribution < 1.29 is 0 Å². The number of nitrogens with zero attached hydrogens (tertiary/aromatic N) is 1. The number of piperidine rings is 1. The molecule has 1 saturated heterocycles. The van der Waals surface area contributed by atoms with Crippen molar-refractivity contribution in [2.75, 3.05) is 19.6 Å². The molecule has 0 saturated carbocycles. The number of hydrogen-bond donors (Lipinski definition) is 1. The number of rotatable bonds is 6. The maximum Gasteiger partial charge on any atom is 0.0175 e. The summed E-state index contributed by atoms with van der Waals surface area (Å²) in [5.41, 5.74) is 1.44. The Labute approximate surface area is 138 Å². The fourth-order valence-corrected chi connectivity index (χ4v) is 3.42. The second kappa shape index (κ2) is 8.30. The lowest BCUT2D eigenvalue weighted by Crippen LogP contribution is -2.45. The molecule has 0 aliphatic carbocycles. The van der Waals surface area contributed by atoms with Crippen molar-refractivity contribution in [3.63, 3.8) is 0 Å². The van der Waals surface area contributed by atoms with Crippen molar-refractivity contribution in [2.45, 2.75) is 52.1 Å². The average molecular weight is 353 g/mol. The van der Waals surface area contributed by atoms with E-state index in [1.165, 1.54) is 38.0 Å². The van der Waals surface area contributed by atoms with Crippen LogP contribution in [0.2, 0.25) is 0 Å². The van der Waals surface area contributed by atoms with Gasteiger partial charge in [0.2, 0.25) is 0 Å². The van der Waals surface area contributed by atoms with Crippen molar-refractivity contribution in [1.29, 1.82) is 0 Å². The molecular formula is C18H29BrN2. The van der Waals surface area contributed by atoms with Gasteiger partial charge < -0.3 is 10.2 Å². The third-order valence-corrected chi connectivity index (χ3v) is 4.96. The Balaban J connectivity index is 1.83. The van der Waals surface area contributed by atoms with Gasteiger partial charge in [0.1, 0.15) is 0 Å². The molecule has 2 nitrogen and oxygen atoms in total. The Morgan fingerprint density at radius 3 is 2.62 bits per heavy atom. The van der Waals surface area contributed by atoms with Crippen LogP contribution in [0, 0.1) is 5.92 Å². The molecule has 1 aromatic rings. The largest absolute Gasteiger partial charge is 0.314 e. The van der Waals surface area contributed by atoms with E-state index >= 15 is 0 Å². The number of benzene rings is 1. The Morgan fingerprint density at radius 2 is 1.95 bits per heavy atom. The SMILES string of the molecule is CC(C)NCC1CCCN(C(C)Cc2ccc(Br)cc2)C1. The van der Waals surface area contributed by atoms with Crippen LogP contribution in [0.25, 0.3) is 0 Å². The summed E-state index contributed by atoms with van der Waals surface area (Å²) in [6.07, 6.45) is 3.87. The van der Waals surface area contributed by atoms with Gasteiger partial charge in [-0.05, 0) is 62.9 Å². The van der Waals surface area contributed by atoms with E-state index in [4.69, 9.17) is 0 Å². The van der Waals surface area contributed by atoms with Crippen LogP contribution in [-0.2, 0) is 6.42 Å². The average Bonchev–Trinajstić information content (AvgIpc) is 2.48. The van der Waals surface area contributed by atoms with E-state index in [0.717, 1.165) is 16.8 Å². The van der Waals surface area contributed by atoms with Gasteiger partial charge in [-0.2, -0.15) is 0 Å². The molecule has 1 aromatic carbocycles. The molecular weight excluding hydrogens is 324 g/mol. The second-order valence-electron chi connectivity index (χ2n) is 6.75. The smallest absolute Gasteiger partial charge is 0.0175 e. The highest BCUT2D eigenvalue weighted by Gasteiger charge is 2.23. The lowest BCUT2D eigenvalue weighted by molar-refractivity contribution is 0.129. The Kier molecular flexibility index (Phi) is 6.72. The maximum absolute atomic E-state index is 3.60. The van der Waals surface area contributed by atoms with E-state index in [1.807, 2.05) is 0 Å². The van der Waals surface area contributed by atoms with Crippen LogP contribution < -0.4 is 5.32 Å². The van der Waals surface area contributed by atoms with E-state index in [9.17, 15) is 0 Å². The van der Waals surface area contributed by atoms with Crippen LogP contribution in [0.5, 0.6) is 0 Å². The molecule has 118 valence electrons. The topological polar surface area (TPSA) is 15.3 Å². The summed E-state index contributed by atoms with van der Waals surface area (Å²) < 4.78 is 1.16. The van der Waals surface area contributed by atoms with Crippen LogP contribution in [0.4, 0.5) is 0 Å². The van der Waals surface area contributed by atoms with Crippen LogP contribution in [0.15, 0.2) is 28.7 Å².